The molecule has 1 saturated heterocycles. The topological polar surface area (TPSA) is 3.24 Å². The van der Waals surface area contributed by atoms with Gasteiger partial charge in [-0.25, -0.2) is 8.78 Å². The summed E-state index contributed by atoms with van der Waals surface area (Å²) in [6, 6.07) is 0. The first-order valence-corrected chi connectivity index (χ1v) is 5.65. The highest BCUT2D eigenvalue weighted by atomic mass is 79.9. The highest BCUT2D eigenvalue weighted by Gasteiger charge is 2.57. The van der Waals surface area contributed by atoms with Gasteiger partial charge in [0.05, 0.1) is 0 Å². The summed E-state index contributed by atoms with van der Waals surface area (Å²) < 4.78 is 25.2. The van der Waals surface area contributed by atoms with Crippen LogP contribution in [0, 0.1) is 11.8 Å². The molecule has 0 bridgehead atoms. The van der Waals surface area contributed by atoms with E-state index in [4.69, 9.17) is 0 Å². The summed E-state index contributed by atoms with van der Waals surface area (Å²) in [4.78, 5) is 2.63. The van der Waals surface area contributed by atoms with Crippen LogP contribution < -0.4 is 0 Å². The molecule has 76 valence electrons. The molecule has 2 aliphatic rings. The second-order valence-corrected chi connectivity index (χ2v) is 5.55. The van der Waals surface area contributed by atoms with E-state index in [9.17, 15) is 8.78 Å². The minimum Gasteiger partial charge on any atom is -0.301 e. The predicted molar refractivity (Wildman–Crippen MR) is 51.4 cm³/mol. The molecule has 3 atom stereocenters. The smallest absolute Gasteiger partial charge is 0.252 e. The summed E-state index contributed by atoms with van der Waals surface area (Å²) in [6.45, 7) is 4.63. The van der Waals surface area contributed by atoms with Crippen molar-refractivity contribution in [3.8, 4) is 0 Å². The molecule has 1 aliphatic carbocycles. The fourth-order valence-corrected chi connectivity index (χ4v) is 2.53. The largest absolute Gasteiger partial charge is 0.301 e. The maximum atomic E-state index is 12.6. The van der Waals surface area contributed by atoms with Crippen LogP contribution in [0.25, 0.3) is 0 Å². The predicted octanol–water partition coefficient (Wildman–Crippen LogP) is 2.36. The number of likely N-dealkylation sites (tertiary alicyclic amines) is 1. The normalized spacial score (nSPS) is 43.8. The number of nitrogens with zero attached hydrogens (tertiary/aromatic N) is 1. The molecule has 0 radical (unpaired) electrons. The van der Waals surface area contributed by atoms with Crippen molar-refractivity contribution >= 4 is 15.9 Å². The fourth-order valence-electron chi connectivity index (χ4n) is 1.95. The number of alkyl halides is 3. The third kappa shape index (κ3) is 2.04. The summed E-state index contributed by atoms with van der Waals surface area (Å²) in [6.07, 6.45) is 0.102. The molecular formula is C9H14BrF2N. The molecule has 0 aromatic heterocycles. The molecule has 2 rings (SSSR count). The highest BCUT2D eigenvalue weighted by Crippen LogP contribution is 2.49. The molecule has 0 aromatic carbocycles. The minimum absolute atomic E-state index is 0.102. The first kappa shape index (κ1) is 9.84. The second kappa shape index (κ2) is 3.16. The van der Waals surface area contributed by atoms with E-state index < -0.39 is 5.92 Å². The van der Waals surface area contributed by atoms with E-state index in [2.05, 4.69) is 27.8 Å². The maximum absolute atomic E-state index is 12.6. The standard InChI is InChI=1S/C9H14BrF2N/c1-6-3-13(5-8(6)10)4-7-2-9(7,11)12/h6-8H,2-5H2,1H3. The van der Waals surface area contributed by atoms with Crippen LogP contribution in [0.5, 0.6) is 0 Å². The van der Waals surface area contributed by atoms with Gasteiger partial charge in [-0.2, -0.15) is 0 Å². The van der Waals surface area contributed by atoms with Gasteiger partial charge in [0.15, 0.2) is 0 Å². The van der Waals surface area contributed by atoms with E-state index in [1.54, 1.807) is 0 Å². The quantitative estimate of drug-likeness (QED) is 0.684. The number of hydrogen-bond acceptors (Lipinski definition) is 1. The SMILES string of the molecule is CC1CN(CC2CC2(F)F)CC1Br. The molecule has 1 heterocycles. The van der Waals surface area contributed by atoms with Crippen LogP contribution in [0.3, 0.4) is 0 Å². The van der Waals surface area contributed by atoms with Crippen LogP contribution in [0.2, 0.25) is 0 Å². The number of halogens is 3. The molecule has 0 spiro atoms. The maximum Gasteiger partial charge on any atom is 0.252 e. The van der Waals surface area contributed by atoms with E-state index >= 15 is 0 Å². The Morgan fingerprint density at radius 1 is 1.46 bits per heavy atom. The molecule has 0 N–H and O–H groups in total. The monoisotopic (exact) mass is 253 g/mol. The van der Waals surface area contributed by atoms with Gasteiger partial charge in [-0.1, -0.05) is 22.9 Å². The van der Waals surface area contributed by atoms with E-state index in [1.165, 1.54) is 0 Å². The average Bonchev–Trinajstić information content (AvgIpc) is 2.44. The summed E-state index contributed by atoms with van der Waals surface area (Å²) in [5.41, 5.74) is 0. The van der Waals surface area contributed by atoms with Crippen molar-refractivity contribution < 1.29 is 8.78 Å². The van der Waals surface area contributed by atoms with Crippen LogP contribution in [0.1, 0.15) is 13.3 Å². The van der Waals surface area contributed by atoms with Gasteiger partial charge in [0, 0.05) is 36.8 Å². The third-order valence-corrected chi connectivity index (χ3v) is 4.22. The molecule has 2 fully saturated rings. The Morgan fingerprint density at radius 3 is 2.46 bits per heavy atom. The molecule has 4 heteroatoms. The number of hydrogen-bond donors (Lipinski definition) is 0. The van der Waals surface area contributed by atoms with Gasteiger partial charge < -0.3 is 4.90 Å². The molecule has 1 saturated carbocycles. The Labute approximate surface area is 85.6 Å². The highest BCUT2D eigenvalue weighted by molar-refractivity contribution is 9.09. The molecule has 1 nitrogen and oxygen atoms in total. The zero-order valence-corrected chi connectivity index (χ0v) is 9.23. The van der Waals surface area contributed by atoms with Gasteiger partial charge >= 0.3 is 0 Å². The molecule has 0 aromatic rings. The fraction of sp³-hybridized carbons (Fsp3) is 1.00. The van der Waals surface area contributed by atoms with Crippen molar-refractivity contribution in [2.45, 2.75) is 24.1 Å². The molecule has 3 unspecified atom stereocenters. The average molecular weight is 254 g/mol. The summed E-state index contributed by atoms with van der Waals surface area (Å²) in [5.74, 6) is -2.13. The Bertz CT molecular complexity index is 200. The van der Waals surface area contributed by atoms with Crippen molar-refractivity contribution in [1.29, 1.82) is 0 Å². The van der Waals surface area contributed by atoms with Crippen molar-refractivity contribution in [2.24, 2.45) is 11.8 Å². The van der Waals surface area contributed by atoms with Gasteiger partial charge in [-0.15, -0.1) is 0 Å². The lowest BCUT2D eigenvalue weighted by Gasteiger charge is -2.14. The van der Waals surface area contributed by atoms with E-state index in [-0.39, 0.29) is 12.3 Å². The van der Waals surface area contributed by atoms with Crippen LogP contribution in [0.4, 0.5) is 8.78 Å². The third-order valence-electron chi connectivity index (χ3n) is 3.03. The molecular weight excluding hydrogens is 240 g/mol. The summed E-state index contributed by atoms with van der Waals surface area (Å²) >= 11 is 3.55. The number of rotatable bonds is 2. The minimum atomic E-state index is -2.35. The second-order valence-electron chi connectivity index (χ2n) is 4.37. The first-order chi connectivity index (χ1) is 5.99. The Hall–Kier alpha value is 0.300. The Kier molecular flexibility index (Phi) is 2.39. The van der Waals surface area contributed by atoms with Crippen LogP contribution in [-0.4, -0.2) is 35.3 Å². The summed E-state index contributed by atoms with van der Waals surface area (Å²) in [7, 11) is 0. The zero-order valence-electron chi connectivity index (χ0n) is 7.64. The van der Waals surface area contributed by atoms with Crippen molar-refractivity contribution in [3.63, 3.8) is 0 Å². The lowest BCUT2D eigenvalue weighted by Crippen LogP contribution is -2.25. The molecule has 0 amide bonds. The van der Waals surface area contributed by atoms with Gasteiger partial charge in [0.2, 0.25) is 0 Å². The van der Waals surface area contributed by atoms with E-state index in [1.807, 2.05) is 0 Å². The molecule has 13 heavy (non-hydrogen) atoms. The lowest BCUT2D eigenvalue weighted by atomic mass is 10.2. The van der Waals surface area contributed by atoms with Gasteiger partial charge in [0.1, 0.15) is 0 Å². The van der Waals surface area contributed by atoms with Crippen LogP contribution in [-0.2, 0) is 0 Å². The van der Waals surface area contributed by atoms with Gasteiger partial charge in [-0.05, 0) is 5.92 Å². The Morgan fingerprint density at radius 2 is 2.08 bits per heavy atom. The molecule has 1 aliphatic heterocycles. The lowest BCUT2D eigenvalue weighted by molar-refractivity contribution is 0.0897. The van der Waals surface area contributed by atoms with Gasteiger partial charge in [-0.3, -0.25) is 0 Å². The van der Waals surface area contributed by atoms with Crippen LogP contribution >= 0.6 is 15.9 Å². The van der Waals surface area contributed by atoms with Crippen molar-refractivity contribution in [3.05, 3.63) is 0 Å². The summed E-state index contributed by atoms with van der Waals surface area (Å²) in [5, 5.41) is 0. The Balaban J connectivity index is 1.79. The van der Waals surface area contributed by atoms with Crippen molar-refractivity contribution in [1.82, 2.24) is 4.90 Å². The van der Waals surface area contributed by atoms with E-state index in [0.717, 1.165) is 13.1 Å². The van der Waals surface area contributed by atoms with Crippen molar-refractivity contribution in [2.75, 3.05) is 19.6 Å². The van der Waals surface area contributed by atoms with Crippen LogP contribution in [0.15, 0.2) is 0 Å². The van der Waals surface area contributed by atoms with E-state index in [0.29, 0.717) is 17.3 Å². The van der Waals surface area contributed by atoms with Gasteiger partial charge in [0.25, 0.3) is 5.92 Å². The first-order valence-electron chi connectivity index (χ1n) is 4.73. The zero-order chi connectivity index (χ0) is 9.64.